The van der Waals surface area contributed by atoms with Crippen LogP contribution in [0.5, 0.6) is 5.75 Å². The predicted octanol–water partition coefficient (Wildman–Crippen LogP) is 5.07. The Morgan fingerprint density at radius 3 is 2.43 bits per heavy atom. The number of anilines is 2. The second kappa shape index (κ2) is 8.17. The predicted molar refractivity (Wildman–Crippen MR) is 112 cm³/mol. The minimum atomic E-state index is 0.0787. The highest BCUT2D eigenvalue weighted by Gasteiger charge is 2.29. The van der Waals surface area contributed by atoms with Crippen molar-refractivity contribution < 1.29 is 9.53 Å². The molecule has 4 heteroatoms. The van der Waals surface area contributed by atoms with Crippen molar-refractivity contribution in [3.63, 3.8) is 0 Å². The number of nitrogens with zero attached hydrogens (tertiary/aromatic N) is 1. The summed E-state index contributed by atoms with van der Waals surface area (Å²) in [5, 5.41) is 3.37. The molecule has 0 radical (unpaired) electrons. The number of carbonyl (C=O) groups excluding carboxylic acids is 1. The molecule has 3 aromatic rings. The standard InChI is InChI=1S/C24H24N2O2/c1-28-21-13-11-18(12-14-21)19-15-16-26(17-19)24(27)22-9-5-6-10-23(22)25-20-7-3-2-4-8-20/h2-14,19,25H,15-17H2,1H3. The Balaban J connectivity index is 1.49. The summed E-state index contributed by atoms with van der Waals surface area (Å²) < 4.78 is 5.24. The van der Waals surface area contributed by atoms with Gasteiger partial charge in [-0.05, 0) is 48.4 Å². The SMILES string of the molecule is COc1ccc(C2CCN(C(=O)c3ccccc3Nc3ccccc3)C2)cc1. The van der Waals surface area contributed by atoms with Crippen LogP contribution in [-0.4, -0.2) is 31.0 Å². The molecule has 1 heterocycles. The van der Waals surface area contributed by atoms with Crippen molar-refractivity contribution in [2.75, 3.05) is 25.5 Å². The van der Waals surface area contributed by atoms with Crippen molar-refractivity contribution in [3.8, 4) is 5.75 Å². The number of para-hydroxylation sites is 2. The lowest BCUT2D eigenvalue weighted by Crippen LogP contribution is -2.29. The molecule has 1 unspecified atom stereocenters. The van der Waals surface area contributed by atoms with E-state index in [4.69, 9.17) is 4.74 Å². The number of nitrogens with one attached hydrogen (secondary N) is 1. The second-order valence-corrected chi connectivity index (χ2v) is 7.05. The molecule has 0 bridgehead atoms. The molecule has 1 aliphatic rings. The minimum absolute atomic E-state index is 0.0787. The molecule has 4 nitrogen and oxygen atoms in total. The van der Waals surface area contributed by atoms with E-state index in [2.05, 4.69) is 17.4 Å². The molecule has 1 N–H and O–H groups in total. The van der Waals surface area contributed by atoms with E-state index in [0.717, 1.165) is 36.6 Å². The van der Waals surface area contributed by atoms with Crippen LogP contribution >= 0.6 is 0 Å². The van der Waals surface area contributed by atoms with E-state index in [1.165, 1.54) is 5.56 Å². The van der Waals surface area contributed by atoms with Crippen molar-refractivity contribution in [1.29, 1.82) is 0 Å². The highest BCUT2D eigenvalue weighted by molar-refractivity contribution is 6.00. The Morgan fingerprint density at radius 1 is 0.964 bits per heavy atom. The van der Waals surface area contributed by atoms with Gasteiger partial charge in [0.25, 0.3) is 5.91 Å². The zero-order chi connectivity index (χ0) is 19.3. The molecule has 0 aromatic heterocycles. The lowest BCUT2D eigenvalue weighted by Gasteiger charge is -2.19. The maximum absolute atomic E-state index is 13.2. The number of rotatable bonds is 5. The normalized spacial score (nSPS) is 16.0. The highest BCUT2D eigenvalue weighted by Crippen LogP contribution is 2.31. The van der Waals surface area contributed by atoms with E-state index in [1.807, 2.05) is 71.6 Å². The summed E-state index contributed by atoms with van der Waals surface area (Å²) in [7, 11) is 1.67. The van der Waals surface area contributed by atoms with Gasteiger partial charge in [0.05, 0.1) is 18.4 Å². The van der Waals surface area contributed by atoms with Crippen molar-refractivity contribution in [3.05, 3.63) is 90.0 Å². The number of methoxy groups -OCH3 is 1. The molecule has 1 aliphatic heterocycles. The van der Waals surface area contributed by atoms with E-state index in [-0.39, 0.29) is 5.91 Å². The molecule has 0 saturated carbocycles. The van der Waals surface area contributed by atoms with Crippen molar-refractivity contribution in [1.82, 2.24) is 4.90 Å². The monoisotopic (exact) mass is 372 g/mol. The van der Waals surface area contributed by atoms with Crippen LogP contribution < -0.4 is 10.1 Å². The maximum atomic E-state index is 13.2. The largest absolute Gasteiger partial charge is 0.497 e. The number of carbonyl (C=O) groups is 1. The van der Waals surface area contributed by atoms with Gasteiger partial charge in [0, 0.05) is 24.7 Å². The van der Waals surface area contributed by atoms with Crippen LogP contribution in [0.4, 0.5) is 11.4 Å². The molecule has 1 amide bonds. The Kier molecular flexibility index (Phi) is 5.29. The van der Waals surface area contributed by atoms with Crippen LogP contribution in [0.15, 0.2) is 78.9 Å². The van der Waals surface area contributed by atoms with Gasteiger partial charge in [-0.25, -0.2) is 0 Å². The second-order valence-electron chi connectivity index (χ2n) is 7.05. The van der Waals surface area contributed by atoms with Gasteiger partial charge in [-0.2, -0.15) is 0 Å². The summed E-state index contributed by atoms with van der Waals surface area (Å²) in [6, 6.07) is 25.8. The smallest absolute Gasteiger partial charge is 0.255 e. The lowest BCUT2D eigenvalue weighted by atomic mass is 9.98. The number of amides is 1. The van der Waals surface area contributed by atoms with Gasteiger partial charge in [0.1, 0.15) is 5.75 Å². The van der Waals surface area contributed by atoms with Gasteiger partial charge >= 0.3 is 0 Å². The van der Waals surface area contributed by atoms with Crippen LogP contribution in [0.1, 0.15) is 28.3 Å². The van der Waals surface area contributed by atoms with Gasteiger partial charge < -0.3 is 15.0 Å². The fraction of sp³-hybridized carbons (Fsp3) is 0.208. The van der Waals surface area contributed by atoms with Gasteiger partial charge in [0.2, 0.25) is 0 Å². The lowest BCUT2D eigenvalue weighted by molar-refractivity contribution is 0.0792. The summed E-state index contributed by atoms with van der Waals surface area (Å²) in [5.74, 6) is 1.30. The van der Waals surface area contributed by atoms with E-state index >= 15 is 0 Å². The van der Waals surface area contributed by atoms with Crippen LogP contribution in [0.25, 0.3) is 0 Å². The first kappa shape index (κ1) is 18.1. The number of hydrogen-bond acceptors (Lipinski definition) is 3. The summed E-state index contributed by atoms with van der Waals surface area (Å²) >= 11 is 0. The molecule has 3 aromatic carbocycles. The molecule has 1 atom stereocenters. The Bertz CT molecular complexity index is 938. The Labute approximate surface area is 165 Å². The maximum Gasteiger partial charge on any atom is 0.255 e. The first-order chi connectivity index (χ1) is 13.7. The van der Waals surface area contributed by atoms with E-state index in [9.17, 15) is 4.79 Å². The molecular formula is C24H24N2O2. The molecule has 4 rings (SSSR count). The fourth-order valence-corrected chi connectivity index (χ4v) is 3.72. The van der Waals surface area contributed by atoms with E-state index in [0.29, 0.717) is 11.5 Å². The number of benzene rings is 3. The van der Waals surface area contributed by atoms with Crippen LogP contribution in [-0.2, 0) is 0 Å². The summed E-state index contributed by atoms with van der Waals surface area (Å²) in [6.45, 7) is 1.51. The fourth-order valence-electron chi connectivity index (χ4n) is 3.72. The minimum Gasteiger partial charge on any atom is -0.497 e. The van der Waals surface area contributed by atoms with Crippen molar-refractivity contribution in [2.45, 2.75) is 12.3 Å². The molecule has 28 heavy (non-hydrogen) atoms. The zero-order valence-corrected chi connectivity index (χ0v) is 16.0. The van der Waals surface area contributed by atoms with Gasteiger partial charge in [0.15, 0.2) is 0 Å². The Hall–Kier alpha value is -3.27. The van der Waals surface area contributed by atoms with Gasteiger partial charge in [-0.3, -0.25) is 4.79 Å². The highest BCUT2D eigenvalue weighted by atomic mass is 16.5. The first-order valence-corrected chi connectivity index (χ1v) is 9.59. The van der Waals surface area contributed by atoms with Crippen molar-refractivity contribution >= 4 is 17.3 Å². The molecular weight excluding hydrogens is 348 g/mol. The molecule has 142 valence electrons. The average molecular weight is 372 g/mol. The average Bonchev–Trinajstić information content (AvgIpc) is 3.25. The third kappa shape index (κ3) is 3.86. The number of hydrogen-bond donors (Lipinski definition) is 1. The van der Waals surface area contributed by atoms with Crippen LogP contribution in [0, 0.1) is 0 Å². The van der Waals surface area contributed by atoms with E-state index in [1.54, 1.807) is 7.11 Å². The molecule has 0 aliphatic carbocycles. The van der Waals surface area contributed by atoms with Gasteiger partial charge in [-0.1, -0.05) is 42.5 Å². The number of ether oxygens (including phenoxy) is 1. The van der Waals surface area contributed by atoms with Gasteiger partial charge in [-0.15, -0.1) is 0 Å². The summed E-state index contributed by atoms with van der Waals surface area (Å²) in [5.41, 5.74) is 3.78. The quantitative estimate of drug-likeness (QED) is 0.680. The summed E-state index contributed by atoms with van der Waals surface area (Å²) in [4.78, 5) is 15.2. The Morgan fingerprint density at radius 2 is 1.68 bits per heavy atom. The van der Waals surface area contributed by atoms with Crippen LogP contribution in [0.2, 0.25) is 0 Å². The molecule has 1 saturated heterocycles. The molecule has 0 spiro atoms. The number of likely N-dealkylation sites (tertiary alicyclic amines) is 1. The third-order valence-corrected chi connectivity index (χ3v) is 5.27. The van der Waals surface area contributed by atoms with Crippen LogP contribution in [0.3, 0.4) is 0 Å². The zero-order valence-electron chi connectivity index (χ0n) is 16.0. The van der Waals surface area contributed by atoms with Crippen molar-refractivity contribution in [2.24, 2.45) is 0 Å². The first-order valence-electron chi connectivity index (χ1n) is 9.59. The third-order valence-electron chi connectivity index (χ3n) is 5.27. The molecule has 1 fully saturated rings. The van der Waals surface area contributed by atoms with E-state index < -0.39 is 0 Å². The summed E-state index contributed by atoms with van der Waals surface area (Å²) in [6.07, 6.45) is 0.979. The topological polar surface area (TPSA) is 41.6 Å².